The van der Waals surface area contributed by atoms with Gasteiger partial charge in [0.05, 0.1) is 5.56 Å². The second-order valence-corrected chi connectivity index (χ2v) is 9.22. The van der Waals surface area contributed by atoms with E-state index in [1.165, 1.54) is 21.3 Å². The second-order valence-electron chi connectivity index (χ2n) is 6.14. The zero-order chi connectivity index (χ0) is 19.6. The molecule has 1 N–H and O–H groups in total. The van der Waals surface area contributed by atoms with Gasteiger partial charge in [-0.25, -0.2) is 12.8 Å². The molecule has 1 aliphatic heterocycles. The first-order chi connectivity index (χ1) is 12.8. The molecule has 27 heavy (non-hydrogen) atoms. The van der Waals surface area contributed by atoms with Crippen molar-refractivity contribution < 1.29 is 17.6 Å². The lowest BCUT2D eigenvalue weighted by Gasteiger charge is -2.24. The Kier molecular flexibility index (Phi) is 5.87. The van der Waals surface area contributed by atoms with Crippen LogP contribution in [0.25, 0.3) is 0 Å². The number of sulfonamides is 1. The number of hydrogen-bond acceptors (Lipinski definition) is 5. The first-order valence-electron chi connectivity index (χ1n) is 8.55. The predicted molar refractivity (Wildman–Crippen MR) is 103 cm³/mol. The molecule has 0 unspecified atom stereocenters. The molecule has 1 fully saturated rings. The maximum absolute atomic E-state index is 13.7. The fourth-order valence-corrected chi connectivity index (χ4v) is 5.36. The van der Waals surface area contributed by atoms with Gasteiger partial charge in [-0.2, -0.15) is 21.2 Å². The van der Waals surface area contributed by atoms with E-state index in [9.17, 15) is 17.6 Å². The standard InChI is InChI=1S/C17H21FN4O3S2/c1-3-21-11-14(16(23)19-13-5-4-12(2)15(18)10-13)17(20-21)27(24,25)22-6-8-26-9-7-22/h4-5,10-11H,3,6-9H2,1-2H3,(H,19,23). The van der Waals surface area contributed by atoms with Gasteiger partial charge >= 0.3 is 0 Å². The largest absolute Gasteiger partial charge is 0.322 e. The topological polar surface area (TPSA) is 84.3 Å². The number of carbonyl (C=O) groups excluding carboxylic acids is 1. The Morgan fingerprint density at radius 1 is 1.33 bits per heavy atom. The molecule has 0 bridgehead atoms. The van der Waals surface area contributed by atoms with Crippen molar-refractivity contribution in [2.45, 2.75) is 25.4 Å². The van der Waals surface area contributed by atoms with Gasteiger partial charge in [-0.1, -0.05) is 6.07 Å². The summed E-state index contributed by atoms with van der Waals surface area (Å²) in [7, 11) is -3.88. The van der Waals surface area contributed by atoms with Gasteiger partial charge in [-0.15, -0.1) is 0 Å². The molecule has 3 rings (SSSR count). The molecule has 0 radical (unpaired) electrons. The molecule has 0 aliphatic carbocycles. The highest BCUT2D eigenvalue weighted by Crippen LogP contribution is 2.23. The van der Waals surface area contributed by atoms with Gasteiger partial charge in [-0.3, -0.25) is 9.48 Å². The van der Waals surface area contributed by atoms with Crippen molar-refractivity contribution in [1.29, 1.82) is 0 Å². The molecule has 1 aliphatic rings. The summed E-state index contributed by atoms with van der Waals surface area (Å²) in [5, 5.41) is 6.41. The number of nitrogens with zero attached hydrogens (tertiary/aromatic N) is 3. The Morgan fingerprint density at radius 2 is 2.04 bits per heavy atom. The number of halogens is 1. The van der Waals surface area contributed by atoms with Gasteiger partial charge < -0.3 is 5.32 Å². The number of benzene rings is 1. The van der Waals surface area contributed by atoms with Crippen LogP contribution >= 0.6 is 11.8 Å². The Balaban J connectivity index is 1.93. The molecule has 0 atom stereocenters. The summed E-state index contributed by atoms with van der Waals surface area (Å²) in [5.74, 6) is 0.328. The number of anilines is 1. The minimum atomic E-state index is -3.88. The Morgan fingerprint density at radius 3 is 2.67 bits per heavy atom. The quantitative estimate of drug-likeness (QED) is 0.815. The van der Waals surface area contributed by atoms with Crippen LogP contribution in [-0.4, -0.2) is 53.0 Å². The fraction of sp³-hybridized carbons (Fsp3) is 0.412. The van der Waals surface area contributed by atoms with Crippen LogP contribution in [0.1, 0.15) is 22.8 Å². The van der Waals surface area contributed by atoms with E-state index < -0.39 is 21.7 Å². The first-order valence-corrected chi connectivity index (χ1v) is 11.1. The van der Waals surface area contributed by atoms with Crippen LogP contribution in [0.2, 0.25) is 0 Å². The highest BCUT2D eigenvalue weighted by Gasteiger charge is 2.33. The number of aromatic nitrogens is 2. The number of thioether (sulfide) groups is 1. The van der Waals surface area contributed by atoms with Crippen LogP contribution in [-0.2, 0) is 16.6 Å². The Labute approximate surface area is 162 Å². The second kappa shape index (κ2) is 7.99. The zero-order valence-corrected chi connectivity index (χ0v) is 16.7. The van der Waals surface area contributed by atoms with E-state index in [2.05, 4.69) is 10.4 Å². The Bertz CT molecular complexity index is 953. The highest BCUT2D eigenvalue weighted by atomic mass is 32.2. The normalized spacial score (nSPS) is 15.7. The summed E-state index contributed by atoms with van der Waals surface area (Å²) < 4.78 is 42.5. The van der Waals surface area contributed by atoms with Crippen molar-refractivity contribution in [2.24, 2.45) is 0 Å². The van der Waals surface area contributed by atoms with Gasteiger partial charge in [-0.05, 0) is 31.5 Å². The summed E-state index contributed by atoms with van der Waals surface area (Å²) >= 11 is 1.69. The highest BCUT2D eigenvalue weighted by molar-refractivity contribution is 7.99. The maximum Gasteiger partial charge on any atom is 0.263 e. The van der Waals surface area contributed by atoms with Crippen molar-refractivity contribution in [1.82, 2.24) is 14.1 Å². The molecule has 146 valence electrons. The van der Waals surface area contributed by atoms with Crippen molar-refractivity contribution in [3.63, 3.8) is 0 Å². The fourth-order valence-electron chi connectivity index (χ4n) is 2.69. The number of carbonyl (C=O) groups is 1. The van der Waals surface area contributed by atoms with E-state index in [4.69, 9.17) is 0 Å². The summed E-state index contributed by atoms with van der Waals surface area (Å²) in [6.45, 7) is 4.61. The molecule has 0 spiro atoms. The molecule has 2 aromatic rings. The van der Waals surface area contributed by atoms with E-state index in [0.717, 1.165) is 0 Å². The van der Waals surface area contributed by atoms with Crippen molar-refractivity contribution in [3.8, 4) is 0 Å². The zero-order valence-electron chi connectivity index (χ0n) is 15.1. The van der Waals surface area contributed by atoms with Gasteiger partial charge in [0.1, 0.15) is 5.82 Å². The average molecular weight is 413 g/mol. The summed E-state index contributed by atoms with van der Waals surface area (Å²) in [6, 6.07) is 4.31. The van der Waals surface area contributed by atoms with Crippen molar-refractivity contribution in [3.05, 3.63) is 41.3 Å². The average Bonchev–Trinajstić information content (AvgIpc) is 3.11. The smallest absolute Gasteiger partial charge is 0.263 e. The lowest BCUT2D eigenvalue weighted by Crippen LogP contribution is -2.38. The molecule has 1 amide bonds. The molecule has 0 saturated carbocycles. The summed E-state index contributed by atoms with van der Waals surface area (Å²) in [5.41, 5.74) is 0.666. The summed E-state index contributed by atoms with van der Waals surface area (Å²) in [4.78, 5) is 12.7. The number of aryl methyl sites for hydroxylation is 2. The molecule has 2 heterocycles. The van der Waals surface area contributed by atoms with Gasteiger partial charge in [0.2, 0.25) is 5.03 Å². The van der Waals surface area contributed by atoms with Crippen molar-refractivity contribution >= 4 is 33.4 Å². The van der Waals surface area contributed by atoms with E-state index in [1.807, 2.05) is 0 Å². The van der Waals surface area contributed by atoms with Gasteiger partial charge in [0, 0.05) is 43.0 Å². The van der Waals surface area contributed by atoms with Crippen LogP contribution in [0.15, 0.2) is 29.4 Å². The minimum absolute atomic E-state index is 0.0453. The van der Waals surface area contributed by atoms with Crippen LogP contribution < -0.4 is 5.32 Å². The van der Waals surface area contributed by atoms with E-state index in [1.54, 1.807) is 37.7 Å². The molecule has 7 nitrogen and oxygen atoms in total. The SMILES string of the molecule is CCn1cc(C(=O)Nc2ccc(C)c(F)c2)c(S(=O)(=O)N2CCSCC2)n1. The third-order valence-corrected chi connectivity index (χ3v) is 7.06. The van der Waals surface area contributed by atoms with Crippen LogP contribution in [0, 0.1) is 12.7 Å². The van der Waals surface area contributed by atoms with Crippen LogP contribution in [0.4, 0.5) is 10.1 Å². The lowest BCUT2D eigenvalue weighted by atomic mass is 10.2. The molecule has 10 heteroatoms. The first kappa shape index (κ1) is 19.8. The number of amides is 1. The lowest BCUT2D eigenvalue weighted by molar-refractivity contribution is 0.102. The molecule has 1 aromatic heterocycles. The van der Waals surface area contributed by atoms with E-state index in [-0.39, 0.29) is 16.3 Å². The van der Waals surface area contributed by atoms with Crippen LogP contribution in [0.5, 0.6) is 0 Å². The summed E-state index contributed by atoms with van der Waals surface area (Å²) in [6.07, 6.45) is 1.41. The third-order valence-electron chi connectivity index (χ3n) is 4.28. The Hall–Kier alpha value is -1.91. The number of hydrogen-bond donors (Lipinski definition) is 1. The molecule has 1 saturated heterocycles. The van der Waals surface area contributed by atoms with E-state index >= 15 is 0 Å². The van der Waals surface area contributed by atoms with Gasteiger partial charge in [0.15, 0.2) is 0 Å². The molecular formula is C17H21FN4O3S2. The van der Waals surface area contributed by atoms with E-state index in [0.29, 0.717) is 36.7 Å². The third kappa shape index (κ3) is 4.17. The maximum atomic E-state index is 13.7. The molecule has 1 aromatic carbocycles. The van der Waals surface area contributed by atoms with Gasteiger partial charge in [0.25, 0.3) is 15.9 Å². The molecular weight excluding hydrogens is 391 g/mol. The number of nitrogens with one attached hydrogen (secondary N) is 1. The minimum Gasteiger partial charge on any atom is -0.322 e. The monoisotopic (exact) mass is 412 g/mol. The predicted octanol–water partition coefficient (Wildman–Crippen LogP) is 2.34. The van der Waals surface area contributed by atoms with Crippen LogP contribution in [0.3, 0.4) is 0 Å². The number of rotatable bonds is 5. The van der Waals surface area contributed by atoms with Crippen molar-refractivity contribution in [2.75, 3.05) is 29.9 Å².